The van der Waals surface area contributed by atoms with Gasteiger partial charge in [-0.3, -0.25) is 14.4 Å². The number of amides is 2. The average molecular weight is 343 g/mol. The molecule has 0 bridgehead atoms. The number of carbonyl (C=O) groups is 3. The van der Waals surface area contributed by atoms with Gasteiger partial charge in [-0.1, -0.05) is 12.1 Å². The number of H-pyrrole nitrogens is 1. The molecule has 4 N–H and O–H groups in total. The van der Waals surface area contributed by atoms with Gasteiger partial charge in [0.25, 0.3) is 5.56 Å². The average Bonchev–Trinajstić information content (AvgIpc) is 2.54. The van der Waals surface area contributed by atoms with Crippen LogP contribution in [0.2, 0.25) is 0 Å². The van der Waals surface area contributed by atoms with Crippen molar-refractivity contribution in [3.05, 3.63) is 52.3 Å². The summed E-state index contributed by atoms with van der Waals surface area (Å²) in [6.45, 7) is 2.75. The molecule has 1 heterocycles. The zero-order valence-electron chi connectivity index (χ0n) is 13.6. The Kier molecular flexibility index (Phi) is 5.14. The molecule has 0 saturated heterocycles. The van der Waals surface area contributed by atoms with Gasteiger partial charge in [0.05, 0.1) is 11.7 Å². The lowest BCUT2D eigenvalue weighted by molar-refractivity contribution is -0.126. The molecule has 1 atom stereocenters. The summed E-state index contributed by atoms with van der Waals surface area (Å²) in [4.78, 5) is 49.9. The minimum Gasteiger partial charge on any atom is -0.477 e. The minimum absolute atomic E-state index is 0.350. The van der Waals surface area contributed by atoms with Crippen LogP contribution in [-0.2, 0) is 9.59 Å². The van der Waals surface area contributed by atoms with Gasteiger partial charge in [0.15, 0.2) is 0 Å². The van der Waals surface area contributed by atoms with Gasteiger partial charge in [-0.25, -0.2) is 9.69 Å². The van der Waals surface area contributed by atoms with Crippen molar-refractivity contribution in [2.45, 2.75) is 19.9 Å². The minimum atomic E-state index is -1.31. The van der Waals surface area contributed by atoms with E-state index in [0.29, 0.717) is 16.9 Å². The third-order valence-corrected chi connectivity index (χ3v) is 3.50. The van der Waals surface area contributed by atoms with Gasteiger partial charge < -0.3 is 15.8 Å². The van der Waals surface area contributed by atoms with E-state index in [9.17, 15) is 19.2 Å². The SMILES string of the molecule is CC(=O)N(C(=O)[C@@H](C)N)c1ccc(-c2ccc(C(=O)O)c(=O)[nH]2)cc1. The number of carboxylic acids is 1. The molecule has 8 nitrogen and oxygen atoms in total. The first-order chi connectivity index (χ1) is 11.7. The van der Waals surface area contributed by atoms with Crippen LogP contribution in [0.5, 0.6) is 0 Å². The fraction of sp³-hybridized carbons (Fsp3) is 0.176. The van der Waals surface area contributed by atoms with Crippen LogP contribution in [0.1, 0.15) is 24.2 Å². The van der Waals surface area contributed by atoms with E-state index in [1.807, 2.05) is 0 Å². The molecule has 0 unspecified atom stereocenters. The molecular formula is C17H17N3O5. The first kappa shape index (κ1) is 18.1. The number of carboxylic acid groups (broad SMARTS) is 1. The lowest BCUT2D eigenvalue weighted by Crippen LogP contribution is -2.44. The van der Waals surface area contributed by atoms with Crippen molar-refractivity contribution in [1.82, 2.24) is 4.98 Å². The Morgan fingerprint density at radius 1 is 1.12 bits per heavy atom. The van der Waals surface area contributed by atoms with Crippen LogP contribution < -0.4 is 16.2 Å². The van der Waals surface area contributed by atoms with E-state index in [2.05, 4.69) is 4.98 Å². The van der Waals surface area contributed by atoms with Crippen LogP contribution in [0, 0.1) is 0 Å². The highest BCUT2D eigenvalue weighted by molar-refractivity contribution is 6.15. The fourth-order valence-corrected chi connectivity index (χ4v) is 2.27. The molecule has 0 aliphatic carbocycles. The lowest BCUT2D eigenvalue weighted by Gasteiger charge is -2.21. The van der Waals surface area contributed by atoms with Gasteiger partial charge in [0, 0.05) is 12.6 Å². The number of benzene rings is 1. The van der Waals surface area contributed by atoms with Crippen LogP contribution in [0.3, 0.4) is 0 Å². The third kappa shape index (κ3) is 3.81. The first-order valence-electron chi connectivity index (χ1n) is 7.39. The summed E-state index contributed by atoms with van der Waals surface area (Å²) in [6.07, 6.45) is 0. The number of hydrogen-bond donors (Lipinski definition) is 3. The molecule has 2 aromatic rings. The molecule has 0 radical (unpaired) electrons. The molecule has 0 aliphatic rings. The molecule has 2 rings (SSSR count). The van der Waals surface area contributed by atoms with E-state index in [4.69, 9.17) is 10.8 Å². The number of nitrogens with zero attached hydrogens (tertiary/aromatic N) is 1. The maximum atomic E-state index is 12.1. The summed E-state index contributed by atoms with van der Waals surface area (Å²) in [5.74, 6) is -2.30. The predicted octanol–water partition coefficient (Wildman–Crippen LogP) is 0.967. The van der Waals surface area contributed by atoms with Crippen molar-refractivity contribution in [3.8, 4) is 11.3 Å². The van der Waals surface area contributed by atoms with Crippen LogP contribution in [-0.4, -0.2) is 33.9 Å². The van der Waals surface area contributed by atoms with Crippen molar-refractivity contribution in [2.24, 2.45) is 5.73 Å². The van der Waals surface area contributed by atoms with Gasteiger partial charge in [-0.2, -0.15) is 0 Å². The third-order valence-electron chi connectivity index (χ3n) is 3.50. The Morgan fingerprint density at radius 2 is 1.72 bits per heavy atom. The summed E-state index contributed by atoms with van der Waals surface area (Å²) >= 11 is 0. The second kappa shape index (κ2) is 7.10. The van der Waals surface area contributed by atoms with Crippen molar-refractivity contribution in [3.63, 3.8) is 0 Å². The van der Waals surface area contributed by atoms with Gasteiger partial charge in [-0.05, 0) is 36.8 Å². The zero-order chi connectivity index (χ0) is 18.7. The molecule has 2 amide bonds. The van der Waals surface area contributed by atoms with Gasteiger partial charge >= 0.3 is 5.97 Å². The van der Waals surface area contributed by atoms with Crippen LogP contribution in [0.25, 0.3) is 11.3 Å². The second-order valence-corrected chi connectivity index (χ2v) is 5.45. The number of aromatic amines is 1. The number of nitrogens with one attached hydrogen (secondary N) is 1. The molecule has 0 spiro atoms. The monoisotopic (exact) mass is 343 g/mol. The molecule has 0 saturated carbocycles. The molecule has 0 fully saturated rings. The van der Waals surface area contributed by atoms with Crippen LogP contribution in [0.4, 0.5) is 5.69 Å². The number of rotatable bonds is 4. The van der Waals surface area contributed by atoms with Crippen LogP contribution >= 0.6 is 0 Å². The first-order valence-corrected chi connectivity index (χ1v) is 7.39. The summed E-state index contributed by atoms with van der Waals surface area (Å²) < 4.78 is 0. The molecule has 0 aliphatic heterocycles. The Balaban J connectivity index is 2.38. The highest BCUT2D eigenvalue weighted by Gasteiger charge is 2.23. The number of imide groups is 1. The number of hydrogen-bond acceptors (Lipinski definition) is 5. The molecule has 25 heavy (non-hydrogen) atoms. The Labute approximate surface area is 142 Å². The van der Waals surface area contributed by atoms with Crippen molar-refractivity contribution < 1.29 is 19.5 Å². The van der Waals surface area contributed by atoms with Gasteiger partial charge in [0.1, 0.15) is 5.56 Å². The molecule has 1 aromatic carbocycles. The number of pyridine rings is 1. The number of aromatic nitrogens is 1. The summed E-state index contributed by atoms with van der Waals surface area (Å²) in [7, 11) is 0. The quantitative estimate of drug-likeness (QED) is 0.757. The predicted molar refractivity (Wildman–Crippen MR) is 91.3 cm³/mol. The Morgan fingerprint density at radius 3 is 2.16 bits per heavy atom. The maximum Gasteiger partial charge on any atom is 0.341 e. The highest BCUT2D eigenvalue weighted by Crippen LogP contribution is 2.22. The topological polar surface area (TPSA) is 134 Å². The maximum absolute atomic E-state index is 12.1. The smallest absolute Gasteiger partial charge is 0.341 e. The van der Waals surface area contributed by atoms with E-state index in [-0.39, 0.29) is 5.56 Å². The molecule has 130 valence electrons. The normalized spacial score (nSPS) is 11.6. The number of nitrogens with two attached hydrogens (primary N) is 1. The summed E-state index contributed by atoms with van der Waals surface area (Å²) in [5.41, 5.74) is 5.84. The standard InChI is InChI=1S/C17H17N3O5/c1-9(18)16(23)20(10(2)21)12-5-3-11(4-6-12)14-8-7-13(17(24)25)15(22)19-14/h3-9H,18H2,1-2H3,(H,19,22)(H,24,25)/t9-/m1/s1. The van der Waals surface area contributed by atoms with E-state index in [0.717, 1.165) is 4.90 Å². The van der Waals surface area contributed by atoms with Crippen molar-refractivity contribution >= 4 is 23.5 Å². The van der Waals surface area contributed by atoms with E-state index >= 15 is 0 Å². The van der Waals surface area contributed by atoms with Gasteiger partial charge in [-0.15, -0.1) is 0 Å². The highest BCUT2D eigenvalue weighted by atomic mass is 16.4. The van der Waals surface area contributed by atoms with Gasteiger partial charge in [0.2, 0.25) is 11.8 Å². The van der Waals surface area contributed by atoms with E-state index < -0.39 is 29.4 Å². The van der Waals surface area contributed by atoms with E-state index in [1.165, 1.54) is 26.0 Å². The fourth-order valence-electron chi connectivity index (χ4n) is 2.27. The number of anilines is 1. The molecular weight excluding hydrogens is 326 g/mol. The molecule has 1 aromatic heterocycles. The Hall–Kier alpha value is -3.26. The second-order valence-electron chi connectivity index (χ2n) is 5.45. The zero-order valence-corrected chi connectivity index (χ0v) is 13.6. The van der Waals surface area contributed by atoms with E-state index in [1.54, 1.807) is 24.3 Å². The number of aromatic carboxylic acids is 1. The largest absolute Gasteiger partial charge is 0.477 e. The van der Waals surface area contributed by atoms with Crippen molar-refractivity contribution in [1.29, 1.82) is 0 Å². The van der Waals surface area contributed by atoms with Crippen LogP contribution in [0.15, 0.2) is 41.2 Å². The molecule has 8 heteroatoms. The lowest BCUT2D eigenvalue weighted by atomic mass is 10.1. The summed E-state index contributed by atoms with van der Waals surface area (Å²) in [6, 6.07) is 8.14. The summed E-state index contributed by atoms with van der Waals surface area (Å²) in [5, 5.41) is 8.87. The number of carbonyl (C=O) groups excluding carboxylic acids is 2. The Bertz CT molecular complexity index is 884. The van der Waals surface area contributed by atoms with Crippen molar-refractivity contribution in [2.75, 3.05) is 4.90 Å².